The molecular weight excluding hydrogens is 499 g/mol. The smallest absolute Gasteiger partial charge is 0.266 e. The first-order chi connectivity index (χ1) is 11.8. The van der Waals surface area contributed by atoms with Gasteiger partial charge in [-0.3, -0.25) is 4.79 Å². The first-order valence-electron chi connectivity index (χ1n) is 7.11. The minimum atomic E-state index is -0.583. The second-order valence-corrected chi connectivity index (χ2v) is 7.23. The van der Waals surface area contributed by atoms with Gasteiger partial charge >= 0.3 is 0 Å². The number of benzene rings is 2. The Morgan fingerprint density at radius 2 is 2.12 bits per heavy atom. The van der Waals surface area contributed by atoms with E-state index in [-0.39, 0.29) is 11.3 Å². The Balaban J connectivity index is 2.37. The van der Waals surface area contributed by atoms with Gasteiger partial charge in [0.1, 0.15) is 23.1 Å². The monoisotopic (exact) mass is 512 g/mol. The highest BCUT2D eigenvalue weighted by Gasteiger charge is 2.14. The summed E-state index contributed by atoms with van der Waals surface area (Å²) in [5.74, 6) is -0.0747. The molecule has 7 heteroatoms. The maximum absolute atomic E-state index is 12.5. The molecular formula is C18H14BrIN2O3. The molecule has 128 valence electrons. The van der Waals surface area contributed by atoms with Crippen LogP contribution in [0.4, 0.5) is 5.69 Å². The van der Waals surface area contributed by atoms with Crippen LogP contribution in [-0.4, -0.2) is 18.1 Å². The summed E-state index contributed by atoms with van der Waals surface area (Å²) in [4.78, 5) is 12.5. The topological polar surface area (TPSA) is 82.3 Å². The van der Waals surface area contributed by atoms with Crippen LogP contribution < -0.4 is 10.1 Å². The number of anilines is 1. The van der Waals surface area contributed by atoms with Crippen molar-refractivity contribution in [2.75, 3.05) is 12.4 Å². The first kappa shape index (κ1) is 19.3. The second kappa shape index (κ2) is 8.36. The number of phenols is 1. The number of nitrogens with zero attached hydrogens (tertiary/aromatic N) is 1. The molecule has 0 atom stereocenters. The molecule has 0 radical (unpaired) electrons. The van der Waals surface area contributed by atoms with Crippen LogP contribution >= 0.6 is 38.5 Å². The van der Waals surface area contributed by atoms with Crippen molar-refractivity contribution in [2.24, 2.45) is 0 Å². The number of rotatable bonds is 4. The van der Waals surface area contributed by atoms with Crippen LogP contribution in [0.25, 0.3) is 6.08 Å². The number of carbonyl (C=O) groups excluding carboxylic acids is 1. The largest absolute Gasteiger partial charge is 0.506 e. The van der Waals surface area contributed by atoms with E-state index >= 15 is 0 Å². The van der Waals surface area contributed by atoms with Crippen molar-refractivity contribution >= 4 is 56.2 Å². The number of aryl methyl sites for hydroxylation is 1. The molecule has 0 aliphatic carbocycles. The maximum atomic E-state index is 12.5. The number of nitrogens with one attached hydrogen (secondary N) is 1. The number of carbonyl (C=O) groups is 1. The van der Waals surface area contributed by atoms with Gasteiger partial charge in [0, 0.05) is 10.0 Å². The van der Waals surface area contributed by atoms with Crippen molar-refractivity contribution < 1.29 is 14.6 Å². The third-order valence-corrected chi connectivity index (χ3v) is 4.61. The highest BCUT2D eigenvalue weighted by atomic mass is 127. The third kappa shape index (κ3) is 4.74. The van der Waals surface area contributed by atoms with Gasteiger partial charge in [0.15, 0.2) is 0 Å². The predicted molar refractivity (Wildman–Crippen MR) is 108 cm³/mol. The van der Waals surface area contributed by atoms with Gasteiger partial charge in [-0.2, -0.15) is 5.26 Å². The number of ether oxygens (including phenoxy) is 1. The average molecular weight is 513 g/mol. The zero-order valence-corrected chi connectivity index (χ0v) is 17.2. The van der Waals surface area contributed by atoms with E-state index < -0.39 is 5.91 Å². The molecule has 2 rings (SSSR count). The standard InChI is InChI=1S/C18H14BrIN2O3/c1-10-3-4-16(25-2)15(5-10)22-18(24)12(9-21)6-11-7-13(19)8-14(20)17(11)23/h3-8,23H,1-2H3,(H,22,24)/b12-6+. The van der Waals surface area contributed by atoms with Crippen molar-refractivity contribution in [3.05, 3.63) is 55.1 Å². The van der Waals surface area contributed by atoms with E-state index in [0.29, 0.717) is 20.6 Å². The van der Waals surface area contributed by atoms with Gasteiger partial charge in [-0.15, -0.1) is 0 Å². The quantitative estimate of drug-likeness (QED) is 0.355. The lowest BCUT2D eigenvalue weighted by Crippen LogP contribution is -2.14. The highest BCUT2D eigenvalue weighted by molar-refractivity contribution is 14.1. The van der Waals surface area contributed by atoms with Gasteiger partial charge in [0.2, 0.25) is 0 Å². The van der Waals surface area contributed by atoms with Crippen LogP contribution in [0.15, 0.2) is 40.4 Å². The normalized spacial score (nSPS) is 10.9. The molecule has 0 aliphatic heterocycles. The van der Waals surface area contributed by atoms with Crippen LogP contribution in [0.3, 0.4) is 0 Å². The zero-order chi connectivity index (χ0) is 18.6. The molecule has 0 heterocycles. The Hall–Kier alpha value is -2.05. The number of nitriles is 1. The van der Waals surface area contributed by atoms with Gasteiger partial charge in [0.05, 0.1) is 16.4 Å². The van der Waals surface area contributed by atoms with Crippen molar-refractivity contribution in [3.8, 4) is 17.6 Å². The molecule has 0 aliphatic rings. The number of aromatic hydroxyl groups is 1. The summed E-state index contributed by atoms with van der Waals surface area (Å²) < 4.78 is 6.56. The molecule has 0 spiro atoms. The lowest BCUT2D eigenvalue weighted by Gasteiger charge is -2.11. The molecule has 0 saturated carbocycles. The predicted octanol–water partition coefficient (Wildman–Crippen LogP) is 4.62. The molecule has 1 amide bonds. The van der Waals surface area contributed by atoms with Crippen molar-refractivity contribution in [1.29, 1.82) is 5.26 Å². The van der Waals surface area contributed by atoms with Crippen LogP contribution in [0.1, 0.15) is 11.1 Å². The molecule has 2 aromatic rings. The van der Waals surface area contributed by atoms with E-state index in [9.17, 15) is 15.2 Å². The van der Waals surface area contributed by atoms with Crippen LogP contribution in [0.5, 0.6) is 11.5 Å². The summed E-state index contributed by atoms with van der Waals surface area (Å²) in [5.41, 5.74) is 1.66. The average Bonchev–Trinajstić information content (AvgIpc) is 2.56. The van der Waals surface area contributed by atoms with E-state index in [1.54, 1.807) is 24.3 Å². The molecule has 25 heavy (non-hydrogen) atoms. The summed E-state index contributed by atoms with van der Waals surface area (Å²) in [5, 5.41) is 22.1. The number of phenolic OH excluding ortho intramolecular Hbond substituents is 1. The molecule has 0 bridgehead atoms. The van der Waals surface area contributed by atoms with Gasteiger partial charge in [-0.1, -0.05) is 22.0 Å². The Bertz CT molecular complexity index is 904. The Kier molecular flexibility index (Phi) is 6.45. The lowest BCUT2D eigenvalue weighted by molar-refractivity contribution is -0.112. The third-order valence-electron chi connectivity index (χ3n) is 3.33. The maximum Gasteiger partial charge on any atom is 0.266 e. The molecule has 0 saturated heterocycles. The van der Waals surface area contributed by atoms with Gasteiger partial charge < -0.3 is 15.2 Å². The SMILES string of the molecule is COc1ccc(C)cc1NC(=O)/C(C#N)=C/c1cc(Br)cc(I)c1O. The van der Waals surface area contributed by atoms with E-state index in [2.05, 4.69) is 21.2 Å². The summed E-state index contributed by atoms with van der Waals surface area (Å²) in [6.45, 7) is 1.89. The van der Waals surface area contributed by atoms with Gasteiger partial charge in [-0.05, 0) is 65.4 Å². The van der Waals surface area contributed by atoms with Crippen molar-refractivity contribution in [3.63, 3.8) is 0 Å². The number of amides is 1. The summed E-state index contributed by atoms with van der Waals surface area (Å²) in [6, 6.07) is 10.6. The number of halogens is 2. The van der Waals surface area contributed by atoms with Gasteiger partial charge in [0.25, 0.3) is 5.91 Å². The van der Waals surface area contributed by atoms with Crippen molar-refractivity contribution in [1.82, 2.24) is 0 Å². The zero-order valence-electron chi connectivity index (χ0n) is 13.4. The van der Waals surface area contributed by atoms with Crippen LogP contribution in [-0.2, 0) is 4.79 Å². The van der Waals surface area contributed by atoms with Gasteiger partial charge in [-0.25, -0.2) is 0 Å². The second-order valence-electron chi connectivity index (χ2n) is 5.15. The summed E-state index contributed by atoms with van der Waals surface area (Å²) in [7, 11) is 1.50. The summed E-state index contributed by atoms with van der Waals surface area (Å²) >= 11 is 5.31. The Morgan fingerprint density at radius 3 is 2.76 bits per heavy atom. The minimum absolute atomic E-state index is 0.0116. The minimum Gasteiger partial charge on any atom is -0.506 e. The van der Waals surface area contributed by atoms with E-state index in [0.717, 1.165) is 10.0 Å². The Labute approximate surface area is 167 Å². The molecule has 0 unspecified atom stereocenters. The van der Waals surface area contributed by atoms with E-state index in [1.807, 2.05) is 41.7 Å². The van der Waals surface area contributed by atoms with Crippen molar-refractivity contribution in [2.45, 2.75) is 6.92 Å². The molecule has 5 nitrogen and oxygen atoms in total. The first-order valence-corrected chi connectivity index (χ1v) is 8.98. The Morgan fingerprint density at radius 1 is 1.40 bits per heavy atom. The van der Waals surface area contributed by atoms with Crippen LogP contribution in [0.2, 0.25) is 0 Å². The summed E-state index contributed by atoms with van der Waals surface area (Å²) in [6.07, 6.45) is 1.35. The molecule has 0 aromatic heterocycles. The molecule has 0 fully saturated rings. The highest BCUT2D eigenvalue weighted by Crippen LogP contribution is 2.31. The molecule has 2 aromatic carbocycles. The number of hydrogen-bond acceptors (Lipinski definition) is 4. The fourth-order valence-electron chi connectivity index (χ4n) is 2.11. The van der Waals surface area contributed by atoms with E-state index in [4.69, 9.17) is 4.74 Å². The fourth-order valence-corrected chi connectivity index (χ4v) is 3.66. The molecule has 2 N–H and O–H groups in total. The fraction of sp³-hybridized carbons (Fsp3) is 0.111. The van der Waals surface area contributed by atoms with Crippen LogP contribution in [0, 0.1) is 21.8 Å². The van der Waals surface area contributed by atoms with E-state index in [1.165, 1.54) is 13.2 Å². The number of methoxy groups -OCH3 is 1. The lowest BCUT2D eigenvalue weighted by atomic mass is 10.1. The number of hydrogen-bond donors (Lipinski definition) is 2.